The van der Waals surface area contributed by atoms with E-state index in [1.165, 1.54) is 12.1 Å². The van der Waals surface area contributed by atoms with Gasteiger partial charge in [-0.2, -0.15) is 0 Å². The topological polar surface area (TPSA) is 66.4 Å². The largest absolute Gasteiger partial charge is 0.502 e. The highest BCUT2D eigenvalue weighted by Gasteiger charge is 2.30. The summed E-state index contributed by atoms with van der Waals surface area (Å²) >= 11 is 1.01. The number of rotatable bonds is 3. The van der Waals surface area contributed by atoms with E-state index >= 15 is 0 Å². The van der Waals surface area contributed by atoms with Gasteiger partial charge in [-0.25, -0.2) is 4.39 Å². The molecule has 0 saturated heterocycles. The van der Waals surface area contributed by atoms with Crippen molar-refractivity contribution in [1.82, 2.24) is 5.32 Å². The van der Waals surface area contributed by atoms with Crippen molar-refractivity contribution in [3.05, 3.63) is 65.0 Å². The van der Waals surface area contributed by atoms with Gasteiger partial charge < -0.3 is 5.11 Å². The molecule has 1 aliphatic rings. The van der Waals surface area contributed by atoms with Crippen molar-refractivity contribution < 1.29 is 19.1 Å². The summed E-state index contributed by atoms with van der Waals surface area (Å²) < 4.78 is 12.9. The van der Waals surface area contributed by atoms with Gasteiger partial charge in [0.05, 0.1) is 0 Å². The third-order valence-corrected chi connectivity index (χ3v) is 4.21. The van der Waals surface area contributed by atoms with Crippen LogP contribution in [0.5, 0.6) is 0 Å². The fraction of sp³-hybridized carbons (Fsp3) is 0. The number of carbonyl (C=O) groups is 2. The number of imide groups is 1. The Morgan fingerprint density at radius 2 is 1.41 bits per heavy atom. The van der Waals surface area contributed by atoms with E-state index in [2.05, 4.69) is 0 Å². The average molecular weight is 315 g/mol. The molecule has 0 aliphatic carbocycles. The van der Waals surface area contributed by atoms with Crippen LogP contribution in [0.2, 0.25) is 0 Å². The third-order valence-electron chi connectivity index (χ3n) is 3.12. The Morgan fingerprint density at radius 3 is 1.91 bits per heavy atom. The van der Waals surface area contributed by atoms with Gasteiger partial charge in [0, 0.05) is 4.90 Å². The van der Waals surface area contributed by atoms with Crippen molar-refractivity contribution >= 4 is 23.6 Å². The molecule has 0 radical (unpaired) electrons. The molecule has 0 aromatic heterocycles. The maximum Gasteiger partial charge on any atom is 0.294 e. The molecule has 0 spiro atoms. The van der Waals surface area contributed by atoms with Gasteiger partial charge in [0.2, 0.25) is 5.76 Å². The zero-order valence-corrected chi connectivity index (χ0v) is 12.0. The van der Waals surface area contributed by atoms with Crippen molar-refractivity contribution in [3.8, 4) is 11.1 Å². The Hall–Kier alpha value is -2.60. The number of hydrogen-bond donors (Lipinski definition) is 2. The Balaban J connectivity index is 1.82. The summed E-state index contributed by atoms with van der Waals surface area (Å²) in [6, 6.07) is 13.3. The highest BCUT2D eigenvalue weighted by molar-refractivity contribution is 8.04. The third kappa shape index (κ3) is 2.73. The zero-order valence-electron chi connectivity index (χ0n) is 11.2. The van der Waals surface area contributed by atoms with Crippen LogP contribution in [0.4, 0.5) is 4.39 Å². The lowest BCUT2D eigenvalue weighted by Gasteiger charge is -2.04. The second kappa shape index (κ2) is 5.65. The maximum atomic E-state index is 12.9. The first-order chi connectivity index (χ1) is 10.5. The van der Waals surface area contributed by atoms with Crippen LogP contribution >= 0.6 is 11.8 Å². The fourth-order valence-electron chi connectivity index (χ4n) is 2.00. The summed E-state index contributed by atoms with van der Waals surface area (Å²) in [6.45, 7) is 0. The van der Waals surface area contributed by atoms with Crippen molar-refractivity contribution in [2.24, 2.45) is 0 Å². The van der Waals surface area contributed by atoms with Crippen molar-refractivity contribution in [3.63, 3.8) is 0 Å². The maximum absolute atomic E-state index is 12.9. The highest BCUT2D eigenvalue weighted by atomic mass is 32.2. The minimum atomic E-state index is -0.782. The lowest BCUT2D eigenvalue weighted by Crippen LogP contribution is -2.22. The molecule has 4 nitrogen and oxygen atoms in total. The minimum absolute atomic E-state index is 0.0143. The number of nitrogens with one attached hydrogen (secondary N) is 1. The van der Waals surface area contributed by atoms with E-state index in [1.807, 2.05) is 17.4 Å². The zero-order chi connectivity index (χ0) is 15.7. The lowest BCUT2D eigenvalue weighted by molar-refractivity contribution is -0.124. The molecule has 22 heavy (non-hydrogen) atoms. The van der Waals surface area contributed by atoms with Gasteiger partial charge in [-0.15, -0.1) is 0 Å². The summed E-state index contributed by atoms with van der Waals surface area (Å²) in [4.78, 5) is 23.4. The van der Waals surface area contributed by atoms with Crippen LogP contribution in [0.15, 0.2) is 64.1 Å². The standard InChI is InChI=1S/C16H10FNO3S/c17-11-5-1-9(2-6-11)10-3-7-12(8-4-10)22-14-13(19)15(20)18-16(14)21/h1-8H,(H2,18,19,20,21). The second-order valence-electron chi connectivity index (χ2n) is 4.59. The minimum Gasteiger partial charge on any atom is -0.502 e. The molecule has 2 aromatic carbocycles. The summed E-state index contributed by atoms with van der Waals surface area (Å²) in [5, 5.41) is 11.6. The molecular weight excluding hydrogens is 305 g/mol. The molecular formula is C16H10FNO3S. The van der Waals surface area contributed by atoms with Gasteiger partial charge in [0.1, 0.15) is 10.7 Å². The summed E-state index contributed by atoms with van der Waals surface area (Å²) in [7, 11) is 0. The van der Waals surface area contributed by atoms with E-state index in [0.29, 0.717) is 4.90 Å². The number of hydrogen-bond acceptors (Lipinski definition) is 4. The number of halogens is 1. The molecule has 2 aromatic rings. The first-order valence-electron chi connectivity index (χ1n) is 6.37. The number of thioether (sulfide) groups is 1. The summed E-state index contributed by atoms with van der Waals surface area (Å²) in [5.41, 5.74) is 1.77. The molecule has 1 aliphatic heterocycles. The Bertz CT molecular complexity index is 782. The van der Waals surface area contributed by atoms with Gasteiger partial charge in [-0.05, 0) is 35.4 Å². The van der Waals surface area contributed by atoms with Crippen LogP contribution < -0.4 is 5.32 Å². The van der Waals surface area contributed by atoms with Gasteiger partial charge in [-0.3, -0.25) is 14.9 Å². The van der Waals surface area contributed by atoms with Crippen LogP contribution in [0, 0.1) is 5.82 Å². The molecule has 3 rings (SSSR count). The van der Waals surface area contributed by atoms with Crippen LogP contribution in [-0.4, -0.2) is 16.9 Å². The van der Waals surface area contributed by atoms with Crippen molar-refractivity contribution in [2.75, 3.05) is 0 Å². The lowest BCUT2D eigenvalue weighted by atomic mass is 10.1. The molecule has 0 saturated carbocycles. The average Bonchev–Trinajstić information content (AvgIpc) is 2.75. The molecule has 2 amide bonds. The first-order valence-corrected chi connectivity index (χ1v) is 7.19. The molecule has 0 unspecified atom stereocenters. The van der Waals surface area contributed by atoms with Crippen molar-refractivity contribution in [2.45, 2.75) is 4.90 Å². The second-order valence-corrected chi connectivity index (χ2v) is 5.68. The van der Waals surface area contributed by atoms with E-state index in [4.69, 9.17) is 0 Å². The van der Waals surface area contributed by atoms with Gasteiger partial charge in [0.25, 0.3) is 11.8 Å². The number of carbonyl (C=O) groups excluding carboxylic acids is 2. The van der Waals surface area contributed by atoms with Gasteiger partial charge in [0.15, 0.2) is 0 Å². The number of aliphatic hydroxyl groups is 1. The predicted octanol–water partition coefficient (Wildman–Crippen LogP) is 3.01. The van der Waals surface area contributed by atoms with E-state index in [-0.39, 0.29) is 10.7 Å². The van der Waals surface area contributed by atoms with Crippen LogP contribution in [0.3, 0.4) is 0 Å². The first kappa shape index (κ1) is 14.3. The van der Waals surface area contributed by atoms with E-state index in [9.17, 15) is 19.1 Å². The quantitative estimate of drug-likeness (QED) is 0.855. The van der Waals surface area contributed by atoms with Crippen LogP contribution in [0.25, 0.3) is 11.1 Å². The number of amides is 2. The van der Waals surface area contributed by atoms with E-state index < -0.39 is 17.6 Å². The smallest absolute Gasteiger partial charge is 0.294 e. The Labute approximate surface area is 129 Å². The molecule has 0 fully saturated rings. The van der Waals surface area contributed by atoms with E-state index in [1.54, 1.807) is 24.3 Å². The molecule has 1 heterocycles. The predicted molar refractivity (Wildman–Crippen MR) is 80.5 cm³/mol. The molecule has 0 atom stereocenters. The van der Waals surface area contributed by atoms with E-state index in [0.717, 1.165) is 22.9 Å². The highest BCUT2D eigenvalue weighted by Crippen LogP contribution is 2.32. The summed E-state index contributed by atoms with van der Waals surface area (Å²) in [5.74, 6) is -2.24. The van der Waals surface area contributed by atoms with Crippen LogP contribution in [0.1, 0.15) is 0 Å². The van der Waals surface area contributed by atoms with Crippen LogP contribution in [-0.2, 0) is 9.59 Å². The molecule has 0 bridgehead atoms. The monoisotopic (exact) mass is 315 g/mol. The van der Waals surface area contributed by atoms with Gasteiger partial charge >= 0.3 is 0 Å². The Kier molecular flexibility index (Phi) is 3.68. The molecule has 6 heteroatoms. The Morgan fingerprint density at radius 1 is 0.864 bits per heavy atom. The fourth-order valence-corrected chi connectivity index (χ4v) is 2.84. The SMILES string of the molecule is O=C1NC(=O)C(Sc2ccc(-c3ccc(F)cc3)cc2)=C1O. The normalized spacial score (nSPS) is 14.4. The summed E-state index contributed by atoms with van der Waals surface area (Å²) in [6.07, 6.45) is 0. The van der Waals surface area contributed by atoms with Crippen molar-refractivity contribution in [1.29, 1.82) is 0 Å². The molecule has 110 valence electrons. The van der Waals surface area contributed by atoms with Gasteiger partial charge in [-0.1, -0.05) is 36.0 Å². The number of benzene rings is 2. The molecule has 2 N–H and O–H groups in total. The number of aliphatic hydroxyl groups excluding tert-OH is 1.